The van der Waals surface area contributed by atoms with Crippen LogP contribution in [0, 0.1) is 0 Å². The summed E-state index contributed by atoms with van der Waals surface area (Å²) in [6.45, 7) is 0. The Morgan fingerprint density at radius 1 is 1.07 bits per heavy atom. The molecule has 0 bridgehead atoms. The lowest BCUT2D eigenvalue weighted by Crippen LogP contribution is -2.16. The monoisotopic (exact) mass is 510 g/mol. The van der Waals surface area contributed by atoms with Gasteiger partial charge in [0, 0.05) is 15.4 Å². The van der Waals surface area contributed by atoms with Crippen molar-refractivity contribution in [2.75, 3.05) is 21.3 Å². The van der Waals surface area contributed by atoms with Gasteiger partial charge >= 0.3 is 5.91 Å². The number of nitrogens with one attached hydrogen (secondary N) is 1. The normalized spacial score (nSPS) is 11.0. The number of nitrogens with zero attached hydrogens (tertiary/aromatic N) is 1. The highest BCUT2D eigenvalue weighted by molar-refractivity contribution is 9.11. The van der Waals surface area contributed by atoms with Gasteiger partial charge in [-0.3, -0.25) is 4.79 Å². The first kappa shape index (κ1) is 20.2. The minimum atomic E-state index is -0.477. The minimum absolute atomic E-state index is 0.144. The third-order valence-corrected chi connectivity index (χ3v) is 4.91. The van der Waals surface area contributed by atoms with Crippen molar-refractivity contribution in [1.29, 1.82) is 0 Å². The van der Waals surface area contributed by atoms with Gasteiger partial charge in [0.05, 0.1) is 32.0 Å². The van der Waals surface area contributed by atoms with Crippen LogP contribution in [0.3, 0.4) is 0 Å². The average Bonchev–Trinajstić information content (AvgIpc) is 3.11. The number of rotatable bonds is 6. The van der Waals surface area contributed by atoms with Gasteiger partial charge in [0.15, 0.2) is 17.3 Å². The van der Waals surface area contributed by atoms with Crippen molar-refractivity contribution in [2.45, 2.75) is 0 Å². The molecule has 1 heterocycles. The molecule has 0 aliphatic heterocycles. The van der Waals surface area contributed by atoms with Crippen molar-refractivity contribution in [3.63, 3.8) is 0 Å². The van der Waals surface area contributed by atoms with Crippen molar-refractivity contribution in [3.8, 4) is 17.2 Å². The molecular formula is C19H16Br2N2O5. The maximum atomic E-state index is 12.4. The molecule has 0 fully saturated rings. The summed E-state index contributed by atoms with van der Waals surface area (Å²) in [5.41, 5.74) is 3.63. The van der Waals surface area contributed by atoms with Gasteiger partial charge in [-0.25, -0.2) is 5.43 Å². The summed E-state index contributed by atoms with van der Waals surface area (Å²) in [5, 5.41) is 4.77. The Morgan fingerprint density at radius 2 is 1.82 bits per heavy atom. The predicted molar refractivity (Wildman–Crippen MR) is 113 cm³/mol. The zero-order valence-corrected chi connectivity index (χ0v) is 18.4. The molecule has 2 aromatic carbocycles. The molecule has 0 saturated carbocycles. The molecule has 7 nitrogen and oxygen atoms in total. The number of carbonyl (C=O) groups excluding carboxylic acids is 1. The van der Waals surface area contributed by atoms with E-state index in [4.69, 9.17) is 18.6 Å². The molecule has 0 atom stereocenters. The van der Waals surface area contributed by atoms with Crippen LogP contribution in [0.25, 0.3) is 11.0 Å². The lowest BCUT2D eigenvalue weighted by Gasteiger charge is -2.13. The first-order chi connectivity index (χ1) is 13.5. The molecular weight excluding hydrogens is 496 g/mol. The van der Waals surface area contributed by atoms with Crippen LogP contribution in [-0.4, -0.2) is 33.5 Å². The number of methoxy groups -OCH3 is 3. The Balaban J connectivity index is 1.81. The third kappa shape index (κ3) is 4.00. The van der Waals surface area contributed by atoms with Gasteiger partial charge in [-0.05, 0) is 46.3 Å². The fourth-order valence-corrected chi connectivity index (χ4v) is 3.97. The number of fused-ring (bicyclic) bond motifs is 1. The van der Waals surface area contributed by atoms with Gasteiger partial charge in [-0.2, -0.15) is 5.10 Å². The van der Waals surface area contributed by atoms with E-state index in [-0.39, 0.29) is 5.76 Å². The number of hydrogen-bond acceptors (Lipinski definition) is 6. The number of hydrazone groups is 1. The summed E-state index contributed by atoms with van der Waals surface area (Å²) in [6, 6.07) is 8.81. The summed E-state index contributed by atoms with van der Waals surface area (Å²) in [4.78, 5) is 12.4. The fraction of sp³-hybridized carbons (Fsp3) is 0.158. The first-order valence-corrected chi connectivity index (χ1v) is 9.58. The molecule has 1 N–H and O–H groups in total. The largest absolute Gasteiger partial charge is 0.493 e. The number of amides is 1. The highest BCUT2D eigenvalue weighted by Gasteiger charge is 2.16. The van der Waals surface area contributed by atoms with E-state index in [1.54, 1.807) is 18.2 Å². The van der Waals surface area contributed by atoms with Gasteiger partial charge in [0.1, 0.15) is 5.58 Å². The van der Waals surface area contributed by atoms with E-state index in [1.807, 2.05) is 12.1 Å². The Kier molecular flexibility index (Phi) is 6.25. The van der Waals surface area contributed by atoms with Crippen LogP contribution >= 0.6 is 31.9 Å². The van der Waals surface area contributed by atoms with Crippen LogP contribution in [0.5, 0.6) is 17.2 Å². The van der Waals surface area contributed by atoms with Gasteiger partial charge in [-0.15, -0.1) is 0 Å². The van der Waals surface area contributed by atoms with Crippen molar-refractivity contribution in [1.82, 2.24) is 5.43 Å². The molecule has 0 spiro atoms. The van der Waals surface area contributed by atoms with Gasteiger partial charge < -0.3 is 18.6 Å². The van der Waals surface area contributed by atoms with Crippen molar-refractivity contribution in [3.05, 3.63) is 50.6 Å². The second kappa shape index (κ2) is 8.66. The molecule has 3 aromatic rings. The van der Waals surface area contributed by atoms with Crippen LogP contribution in [0.4, 0.5) is 0 Å². The number of ether oxygens (including phenoxy) is 3. The lowest BCUT2D eigenvalue weighted by atomic mass is 10.2. The Labute approximate surface area is 177 Å². The number of hydrogen-bond donors (Lipinski definition) is 1. The number of benzene rings is 2. The zero-order valence-electron chi connectivity index (χ0n) is 15.2. The van der Waals surface area contributed by atoms with Crippen molar-refractivity contribution >= 4 is 55.0 Å². The summed E-state index contributed by atoms with van der Waals surface area (Å²) < 4.78 is 23.2. The van der Waals surface area contributed by atoms with E-state index in [0.717, 1.165) is 14.3 Å². The van der Waals surface area contributed by atoms with E-state index >= 15 is 0 Å². The van der Waals surface area contributed by atoms with Gasteiger partial charge in [-0.1, -0.05) is 15.9 Å². The topological polar surface area (TPSA) is 82.3 Å². The van der Waals surface area contributed by atoms with Crippen molar-refractivity contribution < 1.29 is 23.4 Å². The second-order valence-electron chi connectivity index (χ2n) is 5.54. The predicted octanol–water partition coefficient (Wildman–Crippen LogP) is 4.75. The molecule has 0 aliphatic rings. The van der Waals surface area contributed by atoms with Gasteiger partial charge in [0.2, 0.25) is 5.75 Å². The smallest absolute Gasteiger partial charge is 0.307 e. The number of halogens is 2. The lowest BCUT2D eigenvalue weighted by molar-refractivity contribution is 0.0929. The number of furan rings is 1. The SMILES string of the molecule is COc1ccc(/C=N\NC(=O)c2cc3cc(Br)cc(Br)c3o2)c(OC)c1OC. The fourth-order valence-electron chi connectivity index (χ4n) is 2.63. The summed E-state index contributed by atoms with van der Waals surface area (Å²) in [6.07, 6.45) is 1.45. The molecule has 28 heavy (non-hydrogen) atoms. The Morgan fingerprint density at radius 3 is 2.50 bits per heavy atom. The highest BCUT2D eigenvalue weighted by atomic mass is 79.9. The zero-order chi connectivity index (χ0) is 20.3. The second-order valence-corrected chi connectivity index (χ2v) is 7.31. The average molecular weight is 512 g/mol. The number of carbonyl (C=O) groups is 1. The summed E-state index contributed by atoms with van der Waals surface area (Å²) in [5.74, 6) is 1.07. The molecule has 0 radical (unpaired) electrons. The quantitative estimate of drug-likeness (QED) is 0.381. The summed E-state index contributed by atoms with van der Waals surface area (Å²) in [7, 11) is 4.56. The standard InChI is InChI=1S/C19H16Br2N2O5/c1-25-14-5-4-10(17(26-2)18(14)27-3)9-22-23-19(24)15-7-11-6-12(20)8-13(21)16(11)28-15/h4-9H,1-3H3,(H,23,24)/b22-9-. The van der Waals surface area contributed by atoms with E-state index in [9.17, 15) is 4.79 Å². The Bertz CT molecular complexity index is 1060. The molecule has 0 unspecified atom stereocenters. The molecule has 9 heteroatoms. The molecule has 1 amide bonds. The van der Waals surface area contributed by atoms with Crippen LogP contribution in [0.2, 0.25) is 0 Å². The van der Waals surface area contributed by atoms with E-state index in [1.165, 1.54) is 27.5 Å². The molecule has 3 rings (SSSR count). The van der Waals surface area contributed by atoms with E-state index in [2.05, 4.69) is 42.4 Å². The van der Waals surface area contributed by atoms with Crippen molar-refractivity contribution in [2.24, 2.45) is 5.10 Å². The maximum absolute atomic E-state index is 12.4. The van der Waals surface area contributed by atoms with Crippen LogP contribution in [-0.2, 0) is 0 Å². The van der Waals surface area contributed by atoms with Crippen LogP contribution < -0.4 is 19.6 Å². The third-order valence-electron chi connectivity index (χ3n) is 3.86. The minimum Gasteiger partial charge on any atom is -0.493 e. The summed E-state index contributed by atoms with van der Waals surface area (Å²) >= 11 is 6.82. The maximum Gasteiger partial charge on any atom is 0.307 e. The molecule has 1 aromatic heterocycles. The highest BCUT2D eigenvalue weighted by Crippen LogP contribution is 2.39. The first-order valence-electron chi connectivity index (χ1n) is 7.99. The molecule has 0 saturated heterocycles. The van der Waals surface area contributed by atoms with E-state index < -0.39 is 5.91 Å². The molecule has 0 aliphatic carbocycles. The van der Waals surface area contributed by atoms with E-state index in [0.29, 0.717) is 28.4 Å². The Hall–Kier alpha value is -2.52. The van der Waals surface area contributed by atoms with Gasteiger partial charge in [0.25, 0.3) is 0 Å². The molecule has 146 valence electrons. The van der Waals surface area contributed by atoms with Crippen LogP contribution in [0.15, 0.2) is 48.8 Å². The van der Waals surface area contributed by atoms with Crippen LogP contribution in [0.1, 0.15) is 16.1 Å².